The first-order chi connectivity index (χ1) is 13.9. The molecule has 2 aromatic carbocycles. The average Bonchev–Trinajstić information content (AvgIpc) is 2.93. The van der Waals surface area contributed by atoms with E-state index in [-0.39, 0.29) is 30.7 Å². The van der Waals surface area contributed by atoms with Gasteiger partial charge in [-0.05, 0) is 23.6 Å². The smallest absolute Gasteiger partial charge is 0.241 e. The number of nitrogens with zero attached hydrogens (tertiary/aromatic N) is 3. The number of amides is 3. The second kappa shape index (κ2) is 7.35. The highest BCUT2D eigenvalue weighted by atomic mass is 16.2. The summed E-state index contributed by atoms with van der Waals surface area (Å²) in [5.74, 6) is -0.297. The number of anilines is 1. The van der Waals surface area contributed by atoms with Gasteiger partial charge in [-0.15, -0.1) is 0 Å². The van der Waals surface area contributed by atoms with Gasteiger partial charge < -0.3 is 14.7 Å². The third-order valence-corrected chi connectivity index (χ3v) is 6.11. The molecule has 0 bridgehead atoms. The van der Waals surface area contributed by atoms with E-state index in [9.17, 15) is 14.4 Å². The molecule has 0 aliphatic carbocycles. The topological polar surface area (TPSA) is 60.9 Å². The van der Waals surface area contributed by atoms with Crippen molar-refractivity contribution in [2.75, 3.05) is 38.6 Å². The normalized spacial score (nSPS) is 21.5. The highest BCUT2D eigenvalue weighted by Crippen LogP contribution is 2.45. The third-order valence-electron chi connectivity index (χ3n) is 6.11. The molecule has 1 saturated heterocycles. The van der Waals surface area contributed by atoms with Gasteiger partial charge in [0, 0.05) is 39.3 Å². The second-order valence-electron chi connectivity index (χ2n) is 7.93. The molecule has 6 nitrogen and oxygen atoms in total. The lowest BCUT2D eigenvalue weighted by atomic mass is 9.73. The second-order valence-corrected chi connectivity index (χ2v) is 7.93. The van der Waals surface area contributed by atoms with E-state index in [0.717, 1.165) is 16.8 Å². The molecular weight excluding hydrogens is 366 g/mol. The number of para-hydroxylation sites is 1. The summed E-state index contributed by atoms with van der Waals surface area (Å²) in [6, 6.07) is 17.5. The maximum Gasteiger partial charge on any atom is 0.241 e. The Morgan fingerprint density at radius 1 is 0.966 bits per heavy atom. The molecule has 2 aliphatic heterocycles. The van der Waals surface area contributed by atoms with Gasteiger partial charge in [0.05, 0.1) is 12.0 Å². The van der Waals surface area contributed by atoms with Gasteiger partial charge in [-0.2, -0.15) is 0 Å². The molecular formula is C23H25N3O3. The minimum absolute atomic E-state index is 0.0546. The predicted octanol–water partition coefficient (Wildman–Crippen LogP) is 1.83. The van der Waals surface area contributed by atoms with Gasteiger partial charge in [-0.3, -0.25) is 14.4 Å². The molecule has 2 aliphatic rings. The van der Waals surface area contributed by atoms with Crippen LogP contribution in [0.3, 0.4) is 0 Å². The molecule has 150 valence electrons. The molecule has 1 fully saturated rings. The lowest BCUT2D eigenvalue weighted by Crippen LogP contribution is -2.53. The monoisotopic (exact) mass is 391 g/mol. The Morgan fingerprint density at radius 3 is 2.38 bits per heavy atom. The first kappa shape index (κ1) is 19.2. The summed E-state index contributed by atoms with van der Waals surface area (Å²) in [7, 11) is 3.50. The van der Waals surface area contributed by atoms with Gasteiger partial charge in [-0.25, -0.2) is 0 Å². The number of hydrogen-bond acceptors (Lipinski definition) is 3. The lowest BCUT2D eigenvalue weighted by Gasteiger charge is -2.35. The zero-order chi connectivity index (χ0) is 20.6. The van der Waals surface area contributed by atoms with Crippen molar-refractivity contribution in [3.63, 3.8) is 0 Å². The van der Waals surface area contributed by atoms with Crippen molar-refractivity contribution in [1.29, 1.82) is 0 Å². The van der Waals surface area contributed by atoms with Gasteiger partial charge in [-0.1, -0.05) is 48.5 Å². The number of benzene rings is 2. The molecule has 4 rings (SSSR count). The van der Waals surface area contributed by atoms with Crippen LogP contribution in [0, 0.1) is 0 Å². The zero-order valence-corrected chi connectivity index (χ0v) is 16.8. The molecule has 2 aromatic rings. The van der Waals surface area contributed by atoms with Gasteiger partial charge in [0.15, 0.2) is 0 Å². The van der Waals surface area contributed by atoms with E-state index in [2.05, 4.69) is 0 Å². The summed E-state index contributed by atoms with van der Waals surface area (Å²) >= 11 is 0. The van der Waals surface area contributed by atoms with Gasteiger partial charge in [0.1, 0.15) is 0 Å². The summed E-state index contributed by atoms with van der Waals surface area (Å²) < 4.78 is 0. The van der Waals surface area contributed by atoms with E-state index in [0.29, 0.717) is 19.5 Å². The molecule has 1 atom stereocenters. The quantitative estimate of drug-likeness (QED) is 0.799. The number of likely N-dealkylation sites (N-methyl/N-ethyl adjacent to an activating group) is 2. The van der Waals surface area contributed by atoms with Crippen LogP contribution in [0.1, 0.15) is 17.5 Å². The number of hydrogen-bond donors (Lipinski definition) is 0. The van der Waals surface area contributed by atoms with Gasteiger partial charge in [0.25, 0.3) is 0 Å². The van der Waals surface area contributed by atoms with Crippen molar-refractivity contribution < 1.29 is 14.4 Å². The van der Waals surface area contributed by atoms with Crippen LogP contribution >= 0.6 is 0 Å². The summed E-state index contributed by atoms with van der Waals surface area (Å²) in [6.45, 7) is 1.08. The Morgan fingerprint density at radius 2 is 1.66 bits per heavy atom. The zero-order valence-electron chi connectivity index (χ0n) is 16.8. The maximum absolute atomic E-state index is 13.5. The number of carbonyl (C=O) groups excluding carboxylic acids is 3. The molecule has 0 unspecified atom stereocenters. The molecule has 0 saturated carbocycles. The lowest BCUT2D eigenvalue weighted by molar-refractivity contribution is -0.145. The molecule has 3 amide bonds. The minimum atomic E-state index is -0.962. The van der Waals surface area contributed by atoms with E-state index >= 15 is 0 Å². The van der Waals surface area contributed by atoms with Crippen molar-refractivity contribution in [2.24, 2.45) is 0 Å². The van der Waals surface area contributed by atoms with E-state index < -0.39 is 5.41 Å². The molecule has 2 heterocycles. The number of fused-ring (bicyclic) bond motifs is 1. The first-order valence-corrected chi connectivity index (χ1v) is 9.86. The molecule has 0 spiro atoms. The summed E-state index contributed by atoms with van der Waals surface area (Å²) in [4.78, 5) is 43.7. The fraction of sp³-hybridized carbons (Fsp3) is 0.348. The summed E-state index contributed by atoms with van der Waals surface area (Å²) in [5.41, 5.74) is 1.77. The predicted molar refractivity (Wildman–Crippen MR) is 111 cm³/mol. The Labute approximate surface area is 170 Å². The standard InChI is InChI=1S/C23H25N3O3/c1-24-12-13-26(16-21(24)28)20(27)15-23(14-17-8-4-3-5-9-17)18-10-6-7-11-19(18)25(2)22(23)29/h3-11H,12-16H2,1-2H3/t23-/m1/s1. The van der Waals surface area contributed by atoms with Gasteiger partial charge >= 0.3 is 0 Å². The summed E-state index contributed by atoms with van der Waals surface area (Å²) in [5, 5.41) is 0. The van der Waals surface area contributed by atoms with E-state index in [1.807, 2.05) is 54.6 Å². The SMILES string of the molecule is CN1CCN(C(=O)C[C@@]2(Cc3ccccc3)C(=O)N(C)c3ccccc32)CC1=O. The largest absolute Gasteiger partial charge is 0.342 e. The maximum atomic E-state index is 13.5. The number of piperazine rings is 1. The molecule has 6 heteroatoms. The first-order valence-electron chi connectivity index (χ1n) is 9.86. The minimum Gasteiger partial charge on any atom is -0.342 e. The number of carbonyl (C=O) groups is 3. The van der Waals surface area contributed by atoms with Crippen LogP contribution in [-0.4, -0.2) is 61.3 Å². The van der Waals surface area contributed by atoms with Crippen molar-refractivity contribution in [1.82, 2.24) is 9.80 Å². The molecule has 29 heavy (non-hydrogen) atoms. The Hall–Kier alpha value is -3.15. The van der Waals surface area contributed by atoms with E-state index in [4.69, 9.17) is 0 Å². The molecule has 0 N–H and O–H groups in total. The Bertz CT molecular complexity index is 959. The van der Waals surface area contributed by atoms with Crippen LogP contribution in [0.15, 0.2) is 54.6 Å². The van der Waals surface area contributed by atoms with E-state index in [1.165, 1.54) is 0 Å². The van der Waals surface area contributed by atoms with Crippen LogP contribution in [-0.2, 0) is 26.2 Å². The highest BCUT2D eigenvalue weighted by molar-refractivity contribution is 6.10. The Kier molecular flexibility index (Phi) is 4.86. The van der Waals surface area contributed by atoms with Crippen molar-refractivity contribution in [2.45, 2.75) is 18.3 Å². The van der Waals surface area contributed by atoms with Crippen LogP contribution in [0.4, 0.5) is 5.69 Å². The van der Waals surface area contributed by atoms with Crippen LogP contribution in [0.2, 0.25) is 0 Å². The van der Waals surface area contributed by atoms with Crippen molar-refractivity contribution in [3.8, 4) is 0 Å². The van der Waals surface area contributed by atoms with E-state index in [1.54, 1.807) is 28.8 Å². The summed E-state index contributed by atoms with van der Waals surface area (Å²) in [6.07, 6.45) is 0.501. The Balaban J connectivity index is 1.71. The molecule has 0 radical (unpaired) electrons. The van der Waals surface area contributed by atoms with Crippen LogP contribution < -0.4 is 4.90 Å². The number of rotatable bonds is 4. The van der Waals surface area contributed by atoms with Crippen LogP contribution in [0.25, 0.3) is 0 Å². The average molecular weight is 391 g/mol. The fourth-order valence-corrected chi connectivity index (χ4v) is 4.41. The van der Waals surface area contributed by atoms with Crippen LogP contribution in [0.5, 0.6) is 0 Å². The molecule has 0 aromatic heterocycles. The van der Waals surface area contributed by atoms with Gasteiger partial charge in [0.2, 0.25) is 17.7 Å². The third kappa shape index (κ3) is 3.28. The highest BCUT2D eigenvalue weighted by Gasteiger charge is 2.51. The fourth-order valence-electron chi connectivity index (χ4n) is 4.41. The van der Waals surface area contributed by atoms with Crippen molar-refractivity contribution >= 4 is 23.4 Å². The van der Waals surface area contributed by atoms with Crippen molar-refractivity contribution in [3.05, 3.63) is 65.7 Å².